The van der Waals surface area contributed by atoms with Gasteiger partial charge in [0.25, 0.3) is 0 Å². The van der Waals surface area contributed by atoms with Gasteiger partial charge in [0.15, 0.2) is 17.5 Å². The van der Waals surface area contributed by atoms with Gasteiger partial charge in [0.05, 0.1) is 27.9 Å². The van der Waals surface area contributed by atoms with Crippen molar-refractivity contribution in [3.63, 3.8) is 0 Å². The van der Waals surface area contributed by atoms with Crippen LogP contribution in [0, 0.1) is 0 Å². The molecule has 1 aromatic carbocycles. The van der Waals surface area contributed by atoms with Gasteiger partial charge in [-0.1, -0.05) is 6.92 Å². The van der Waals surface area contributed by atoms with Gasteiger partial charge in [-0.3, -0.25) is 4.90 Å². The number of hydrogen-bond donors (Lipinski definition) is 2. The second-order valence-corrected chi connectivity index (χ2v) is 6.53. The molecule has 0 aromatic heterocycles. The van der Waals surface area contributed by atoms with Crippen molar-refractivity contribution in [3.05, 3.63) is 17.7 Å². The third-order valence-corrected chi connectivity index (χ3v) is 4.90. The summed E-state index contributed by atoms with van der Waals surface area (Å²) in [5.74, 6) is 2.71. The van der Waals surface area contributed by atoms with E-state index in [0.29, 0.717) is 29.8 Å². The number of nitrogens with zero attached hydrogens (tertiary/aromatic N) is 2. The Morgan fingerprint density at radius 2 is 1.79 bits per heavy atom. The number of likely N-dealkylation sites (N-methyl/N-ethyl adjacent to an activating group) is 1. The zero-order valence-electron chi connectivity index (χ0n) is 17.7. The molecule has 0 saturated carbocycles. The summed E-state index contributed by atoms with van der Waals surface area (Å²) in [6, 6.07) is 4.45. The Hall–Kier alpha value is -1.42. The fourth-order valence-corrected chi connectivity index (χ4v) is 3.50. The number of rotatable bonds is 9. The van der Waals surface area contributed by atoms with Crippen LogP contribution in [0.5, 0.6) is 17.2 Å². The van der Waals surface area contributed by atoms with Crippen LogP contribution in [0.2, 0.25) is 0 Å². The van der Waals surface area contributed by atoms with Crippen molar-refractivity contribution in [1.29, 1.82) is 0 Å². The van der Waals surface area contributed by atoms with Crippen LogP contribution in [0.4, 0.5) is 0 Å². The van der Waals surface area contributed by atoms with Crippen molar-refractivity contribution in [1.82, 2.24) is 15.5 Å². The lowest BCUT2D eigenvalue weighted by molar-refractivity contribution is 0.267. The minimum atomic E-state index is 0. The molecule has 1 saturated heterocycles. The molecule has 0 amide bonds. The standard InChI is InChI=1S/C20H34N4O3.HI/c1-6-21-20(23-14-16-9-8-10-24(16)7-2)22-13-15-11-17(25-3)19(27-5)18(12-15)26-4;/h11-12,16H,6-10,13-14H2,1-5H3,(H2,21,22,23);1H. The topological polar surface area (TPSA) is 67.4 Å². The molecule has 1 atom stereocenters. The quantitative estimate of drug-likeness (QED) is 0.305. The highest BCUT2D eigenvalue weighted by Crippen LogP contribution is 2.38. The molecule has 2 N–H and O–H groups in total. The van der Waals surface area contributed by atoms with E-state index in [9.17, 15) is 0 Å². The lowest BCUT2D eigenvalue weighted by atomic mass is 10.2. The van der Waals surface area contributed by atoms with Gasteiger partial charge < -0.3 is 24.8 Å². The first-order valence-corrected chi connectivity index (χ1v) is 9.71. The van der Waals surface area contributed by atoms with Gasteiger partial charge in [-0.25, -0.2) is 4.99 Å². The molecule has 1 heterocycles. The predicted octanol–water partition coefficient (Wildman–Crippen LogP) is 2.87. The molecule has 1 aromatic rings. The average Bonchev–Trinajstić information content (AvgIpc) is 3.16. The summed E-state index contributed by atoms with van der Waals surface area (Å²) in [6.07, 6.45) is 2.52. The molecule has 0 radical (unpaired) electrons. The van der Waals surface area contributed by atoms with Gasteiger partial charge >= 0.3 is 0 Å². The van der Waals surface area contributed by atoms with E-state index in [1.807, 2.05) is 12.1 Å². The predicted molar refractivity (Wildman–Crippen MR) is 125 cm³/mol. The molecule has 1 unspecified atom stereocenters. The van der Waals surface area contributed by atoms with Crippen molar-refractivity contribution in [2.45, 2.75) is 39.3 Å². The third kappa shape index (κ3) is 6.58. The zero-order valence-corrected chi connectivity index (χ0v) is 20.0. The van der Waals surface area contributed by atoms with Crippen LogP contribution in [0.15, 0.2) is 17.1 Å². The largest absolute Gasteiger partial charge is 0.493 e. The highest BCUT2D eigenvalue weighted by molar-refractivity contribution is 14.0. The smallest absolute Gasteiger partial charge is 0.203 e. The maximum absolute atomic E-state index is 5.42. The van der Waals surface area contributed by atoms with E-state index < -0.39 is 0 Å². The molecule has 0 aliphatic carbocycles. The number of halogens is 1. The summed E-state index contributed by atoms with van der Waals surface area (Å²) in [5.41, 5.74) is 0.998. The van der Waals surface area contributed by atoms with Crippen molar-refractivity contribution >= 4 is 29.9 Å². The number of hydrogen-bond acceptors (Lipinski definition) is 5. The Bertz CT molecular complexity index is 602. The molecule has 8 heteroatoms. The summed E-state index contributed by atoms with van der Waals surface area (Å²) >= 11 is 0. The van der Waals surface area contributed by atoms with E-state index in [4.69, 9.17) is 19.2 Å². The van der Waals surface area contributed by atoms with Gasteiger partial charge in [-0.05, 0) is 50.6 Å². The molecule has 1 aliphatic heterocycles. The van der Waals surface area contributed by atoms with E-state index in [0.717, 1.165) is 31.2 Å². The maximum Gasteiger partial charge on any atom is 0.203 e. The second kappa shape index (κ2) is 12.9. The highest BCUT2D eigenvalue weighted by Gasteiger charge is 2.22. The number of aliphatic imine (C=N–C) groups is 1. The van der Waals surface area contributed by atoms with Crippen LogP contribution in [-0.4, -0.2) is 64.4 Å². The van der Waals surface area contributed by atoms with Crippen molar-refractivity contribution in [2.24, 2.45) is 4.99 Å². The molecule has 7 nitrogen and oxygen atoms in total. The van der Waals surface area contributed by atoms with E-state index in [1.165, 1.54) is 19.4 Å². The SMILES string of the molecule is CCNC(=NCc1cc(OC)c(OC)c(OC)c1)NCC1CCCN1CC.I. The van der Waals surface area contributed by atoms with Crippen LogP contribution >= 0.6 is 24.0 Å². The number of benzene rings is 1. The summed E-state index contributed by atoms with van der Waals surface area (Å²) in [4.78, 5) is 7.25. The Morgan fingerprint density at radius 1 is 1.11 bits per heavy atom. The van der Waals surface area contributed by atoms with Gasteiger partial charge in [-0.15, -0.1) is 24.0 Å². The first-order valence-electron chi connectivity index (χ1n) is 9.71. The molecule has 0 bridgehead atoms. The molecular formula is C20H35IN4O3. The third-order valence-electron chi connectivity index (χ3n) is 4.90. The van der Waals surface area contributed by atoms with Gasteiger partial charge in [0, 0.05) is 19.1 Å². The minimum Gasteiger partial charge on any atom is -0.493 e. The monoisotopic (exact) mass is 506 g/mol. The Labute approximate surface area is 186 Å². The van der Waals surface area contributed by atoms with Crippen molar-refractivity contribution < 1.29 is 14.2 Å². The van der Waals surface area contributed by atoms with E-state index >= 15 is 0 Å². The summed E-state index contributed by atoms with van der Waals surface area (Å²) < 4.78 is 16.2. The molecule has 1 aliphatic rings. The van der Waals surface area contributed by atoms with Crippen molar-refractivity contribution in [3.8, 4) is 17.2 Å². The number of methoxy groups -OCH3 is 3. The number of nitrogens with one attached hydrogen (secondary N) is 2. The number of guanidine groups is 1. The van der Waals surface area contributed by atoms with Crippen molar-refractivity contribution in [2.75, 3.05) is 47.5 Å². The summed E-state index contributed by atoms with van der Waals surface area (Å²) in [6.45, 7) is 8.85. The van der Waals surface area contributed by atoms with Gasteiger partial charge in [-0.2, -0.15) is 0 Å². The van der Waals surface area contributed by atoms with E-state index in [2.05, 4.69) is 29.4 Å². The first-order chi connectivity index (χ1) is 13.2. The summed E-state index contributed by atoms with van der Waals surface area (Å²) in [7, 11) is 4.85. The molecular weight excluding hydrogens is 471 g/mol. The number of ether oxygens (including phenoxy) is 3. The Balaban J connectivity index is 0.00000392. The summed E-state index contributed by atoms with van der Waals surface area (Å²) in [5, 5.41) is 6.81. The molecule has 1 fully saturated rings. The zero-order chi connectivity index (χ0) is 19.6. The van der Waals surface area contributed by atoms with Crippen LogP contribution in [0.1, 0.15) is 32.3 Å². The molecule has 28 heavy (non-hydrogen) atoms. The average molecular weight is 506 g/mol. The fourth-order valence-electron chi connectivity index (χ4n) is 3.50. The second-order valence-electron chi connectivity index (χ2n) is 6.53. The Kier molecular flexibility index (Phi) is 11.4. The lowest BCUT2D eigenvalue weighted by Gasteiger charge is -2.24. The maximum atomic E-state index is 5.42. The van der Waals surface area contributed by atoms with Gasteiger partial charge in [0.2, 0.25) is 5.75 Å². The normalized spacial score (nSPS) is 17.0. The van der Waals surface area contributed by atoms with Crippen LogP contribution in [-0.2, 0) is 6.54 Å². The molecule has 160 valence electrons. The number of likely N-dealkylation sites (tertiary alicyclic amines) is 1. The lowest BCUT2D eigenvalue weighted by Crippen LogP contribution is -2.44. The van der Waals surface area contributed by atoms with E-state index in [1.54, 1.807) is 21.3 Å². The highest BCUT2D eigenvalue weighted by atomic mass is 127. The van der Waals surface area contributed by atoms with E-state index in [-0.39, 0.29) is 24.0 Å². The fraction of sp³-hybridized carbons (Fsp3) is 0.650. The van der Waals surface area contributed by atoms with Crippen LogP contribution in [0.25, 0.3) is 0 Å². The molecule has 2 rings (SSSR count). The van der Waals surface area contributed by atoms with Gasteiger partial charge in [0.1, 0.15) is 0 Å². The first kappa shape index (κ1) is 24.6. The molecule has 0 spiro atoms. The minimum absolute atomic E-state index is 0. The van der Waals surface area contributed by atoms with Crippen LogP contribution < -0.4 is 24.8 Å². The Morgan fingerprint density at radius 3 is 2.32 bits per heavy atom. The van der Waals surface area contributed by atoms with Crippen LogP contribution in [0.3, 0.4) is 0 Å².